The monoisotopic (exact) mass is 449 g/mol. The number of fused-ring (bicyclic) bond motifs is 1. The summed E-state index contributed by atoms with van der Waals surface area (Å²) >= 11 is 6.11. The Bertz CT molecular complexity index is 1270. The third-order valence-electron chi connectivity index (χ3n) is 5.42. The van der Waals surface area contributed by atoms with Crippen LogP contribution in [0.4, 0.5) is 27.7 Å². The van der Waals surface area contributed by atoms with E-state index in [-0.39, 0.29) is 5.82 Å². The van der Waals surface area contributed by atoms with Crippen LogP contribution in [0.3, 0.4) is 0 Å². The van der Waals surface area contributed by atoms with Crippen molar-refractivity contribution in [3.8, 4) is 11.1 Å². The lowest BCUT2D eigenvalue weighted by Gasteiger charge is -2.28. The number of aromatic nitrogens is 3. The first-order chi connectivity index (χ1) is 15.6. The summed E-state index contributed by atoms with van der Waals surface area (Å²) in [6, 6.07) is 13.7. The number of nitrogens with zero attached hydrogens (tertiary/aromatic N) is 4. The number of hydrogen-bond acceptors (Lipinski definition) is 7. The molecule has 1 aliphatic rings. The summed E-state index contributed by atoms with van der Waals surface area (Å²) in [6.45, 7) is 3.74. The molecule has 4 N–H and O–H groups in total. The van der Waals surface area contributed by atoms with Gasteiger partial charge in [-0.05, 0) is 36.4 Å². The Kier molecular flexibility index (Phi) is 5.46. The smallest absolute Gasteiger partial charge is 0.229 e. The number of hydrogen-bond donors (Lipinski definition) is 3. The van der Waals surface area contributed by atoms with Gasteiger partial charge in [0, 0.05) is 47.7 Å². The molecular formula is C23H21ClFN7. The molecule has 5 rings (SSSR count). The molecule has 0 bridgehead atoms. The Morgan fingerprint density at radius 3 is 2.66 bits per heavy atom. The maximum atomic E-state index is 14.6. The van der Waals surface area contributed by atoms with E-state index in [9.17, 15) is 4.39 Å². The first-order valence-corrected chi connectivity index (χ1v) is 10.7. The molecule has 1 fully saturated rings. The minimum Gasteiger partial charge on any atom is -0.383 e. The van der Waals surface area contributed by atoms with E-state index in [0.29, 0.717) is 38.8 Å². The molecule has 4 aromatic rings. The van der Waals surface area contributed by atoms with Gasteiger partial charge in [0.2, 0.25) is 5.95 Å². The van der Waals surface area contributed by atoms with Gasteiger partial charge in [-0.15, -0.1) is 0 Å². The van der Waals surface area contributed by atoms with E-state index in [0.717, 1.165) is 37.7 Å². The molecule has 2 aromatic carbocycles. The lowest BCUT2D eigenvalue weighted by Crippen LogP contribution is -2.43. The Morgan fingerprint density at radius 1 is 1.03 bits per heavy atom. The summed E-state index contributed by atoms with van der Waals surface area (Å²) in [5.74, 6) is 1.14. The summed E-state index contributed by atoms with van der Waals surface area (Å²) in [7, 11) is 0. The number of nitrogens with one attached hydrogen (secondary N) is 2. The first-order valence-electron chi connectivity index (χ1n) is 10.3. The van der Waals surface area contributed by atoms with Gasteiger partial charge < -0.3 is 21.3 Å². The summed E-state index contributed by atoms with van der Waals surface area (Å²) < 4.78 is 14.6. The second kappa shape index (κ2) is 8.57. The number of halogens is 2. The van der Waals surface area contributed by atoms with Gasteiger partial charge in [0.1, 0.15) is 17.5 Å². The van der Waals surface area contributed by atoms with Crippen molar-refractivity contribution in [1.82, 2.24) is 20.3 Å². The summed E-state index contributed by atoms with van der Waals surface area (Å²) in [6.07, 6.45) is 1.74. The number of rotatable bonds is 4. The zero-order chi connectivity index (χ0) is 22.1. The average molecular weight is 450 g/mol. The molecule has 2 aromatic heterocycles. The maximum absolute atomic E-state index is 14.6. The van der Waals surface area contributed by atoms with Crippen molar-refractivity contribution in [2.75, 3.05) is 42.1 Å². The van der Waals surface area contributed by atoms with Crippen LogP contribution in [0.5, 0.6) is 0 Å². The van der Waals surface area contributed by atoms with Gasteiger partial charge in [-0.1, -0.05) is 23.7 Å². The highest BCUT2D eigenvalue weighted by atomic mass is 35.5. The number of para-hydroxylation sites is 1. The van der Waals surface area contributed by atoms with Crippen molar-refractivity contribution < 1.29 is 4.39 Å². The second-order valence-corrected chi connectivity index (χ2v) is 7.96. The van der Waals surface area contributed by atoms with Crippen molar-refractivity contribution in [1.29, 1.82) is 0 Å². The van der Waals surface area contributed by atoms with Crippen LogP contribution in [-0.2, 0) is 0 Å². The van der Waals surface area contributed by atoms with Crippen molar-refractivity contribution in [3.05, 3.63) is 65.6 Å². The van der Waals surface area contributed by atoms with E-state index in [4.69, 9.17) is 17.3 Å². The highest BCUT2D eigenvalue weighted by molar-refractivity contribution is 6.31. The van der Waals surface area contributed by atoms with Crippen LogP contribution < -0.4 is 21.3 Å². The van der Waals surface area contributed by atoms with E-state index >= 15 is 0 Å². The lowest BCUT2D eigenvalue weighted by molar-refractivity contribution is 0.585. The molecule has 7 nitrogen and oxygen atoms in total. The zero-order valence-corrected chi connectivity index (χ0v) is 17.9. The van der Waals surface area contributed by atoms with Crippen LogP contribution >= 0.6 is 11.6 Å². The molecule has 0 spiro atoms. The lowest BCUT2D eigenvalue weighted by atomic mass is 10.0. The van der Waals surface area contributed by atoms with E-state index in [1.54, 1.807) is 24.4 Å². The molecule has 32 heavy (non-hydrogen) atoms. The van der Waals surface area contributed by atoms with E-state index in [2.05, 4.69) is 30.5 Å². The third kappa shape index (κ3) is 4.02. The van der Waals surface area contributed by atoms with Crippen LogP contribution in [-0.4, -0.2) is 41.1 Å². The number of piperazine rings is 1. The molecular weight excluding hydrogens is 429 g/mol. The van der Waals surface area contributed by atoms with Crippen LogP contribution in [0.2, 0.25) is 5.02 Å². The van der Waals surface area contributed by atoms with E-state index in [1.165, 1.54) is 12.1 Å². The molecule has 0 atom stereocenters. The summed E-state index contributed by atoms with van der Waals surface area (Å²) in [5, 5.41) is 7.56. The molecule has 0 saturated carbocycles. The molecule has 0 radical (unpaired) electrons. The van der Waals surface area contributed by atoms with Crippen LogP contribution in [0, 0.1) is 5.82 Å². The van der Waals surface area contributed by atoms with Gasteiger partial charge in [-0.3, -0.25) is 0 Å². The Labute approximate surface area is 189 Å². The summed E-state index contributed by atoms with van der Waals surface area (Å²) in [5.41, 5.74) is 8.42. The molecule has 162 valence electrons. The van der Waals surface area contributed by atoms with Gasteiger partial charge in [-0.25, -0.2) is 14.4 Å². The SMILES string of the molecule is Nc1nc(Nc2ccc(N3CCNCC3)nc2)nc2c(-c3cc(Cl)ccc3F)cccc12. The quantitative estimate of drug-likeness (QED) is 0.429. The number of anilines is 4. The van der Waals surface area contributed by atoms with Crippen molar-refractivity contribution in [2.24, 2.45) is 0 Å². The minimum absolute atomic E-state index is 0.298. The largest absolute Gasteiger partial charge is 0.383 e. The van der Waals surface area contributed by atoms with Gasteiger partial charge in [0.25, 0.3) is 0 Å². The molecule has 3 heterocycles. The van der Waals surface area contributed by atoms with Gasteiger partial charge in [-0.2, -0.15) is 4.98 Å². The number of benzene rings is 2. The second-order valence-electron chi connectivity index (χ2n) is 7.53. The Hall–Kier alpha value is -3.49. The van der Waals surface area contributed by atoms with E-state index < -0.39 is 0 Å². The van der Waals surface area contributed by atoms with Crippen molar-refractivity contribution in [2.45, 2.75) is 0 Å². The molecule has 1 aliphatic heterocycles. The fourth-order valence-corrected chi connectivity index (χ4v) is 4.00. The van der Waals surface area contributed by atoms with Gasteiger partial charge >= 0.3 is 0 Å². The average Bonchev–Trinajstić information content (AvgIpc) is 2.81. The predicted molar refractivity (Wildman–Crippen MR) is 127 cm³/mol. The predicted octanol–water partition coefficient (Wildman–Crippen LogP) is 4.22. The maximum Gasteiger partial charge on any atom is 0.229 e. The van der Waals surface area contributed by atoms with Gasteiger partial charge in [0.15, 0.2) is 0 Å². The zero-order valence-electron chi connectivity index (χ0n) is 17.1. The van der Waals surface area contributed by atoms with Crippen molar-refractivity contribution >= 4 is 45.8 Å². The molecule has 1 saturated heterocycles. The first kappa shape index (κ1) is 20.4. The Balaban J connectivity index is 1.49. The topological polar surface area (TPSA) is 92.0 Å². The fourth-order valence-electron chi connectivity index (χ4n) is 3.82. The minimum atomic E-state index is -0.388. The highest BCUT2D eigenvalue weighted by Crippen LogP contribution is 2.33. The van der Waals surface area contributed by atoms with Crippen LogP contribution in [0.25, 0.3) is 22.0 Å². The molecule has 0 amide bonds. The normalized spacial score (nSPS) is 14.0. The Morgan fingerprint density at radius 2 is 1.88 bits per heavy atom. The molecule has 0 aliphatic carbocycles. The van der Waals surface area contributed by atoms with Crippen LogP contribution in [0.1, 0.15) is 0 Å². The molecule has 0 unspecified atom stereocenters. The molecule has 9 heteroatoms. The van der Waals surface area contributed by atoms with Crippen molar-refractivity contribution in [3.63, 3.8) is 0 Å². The standard InChI is InChI=1S/C23H21ClFN7/c24-14-4-6-19(25)18(12-14)16-2-1-3-17-21(16)30-23(31-22(17)26)29-15-5-7-20(28-13-15)32-10-8-27-9-11-32/h1-7,12-13,27H,8-11H2,(H3,26,29,30,31). The number of nitrogens with two attached hydrogens (primary N) is 1. The third-order valence-corrected chi connectivity index (χ3v) is 5.65. The van der Waals surface area contributed by atoms with E-state index in [1.807, 2.05) is 18.2 Å². The highest BCUT2D eigenvalue weighted by Gasteiger charge is 2.15. The fraction of sp³-hybridized carbons (Fsp3) is 0.174. The van der Waals surface area contributed by atoms with Crippen LogP contribution in [0.15, 0.2) is 54.7 Å². The number of nitrogen functional groups attached to an aromatic ring is 1. The number of pyridine rings is 1. The summed E-state index contributed by atoms with van der Waals surface area (Å²) in [4.78, 5) is 15.8. The van der Waals surface area contributed by atoms with Gasteiger partial charge in [0.05, 0.1) is 17.4 Å².